The van der Waals surface area contributed by atoms with Crippen LogP contribution < -0.4 is 0 Å². The number of amides is 1. The Morgan fingerprint density at radius 2 is 1.93 bits per heavy atom. The first-order valence-corrected chi connectivity index (χ1v) is 11.5. The van der Waals surface area contributed by atoms with E-state index >= 15 is 0 Å². The van der Waals surface area contributed by atoms with Crippen LogP contribution >= 0.6 is 23.4 Å². The van der Waals surface area contributed by atoms with Gasteiger partial charge in [-0.2, -0.15) is 0 Å². The maximum absolute atomic E-state index is 13.4. The van der Waals surface area contributed by atoms with Gasteiger partial charge in [0.15, 0.2) is 10.3 Å². The average molecular weight is 438 g/mol. The minimum absolute atomic E-state index is 0.0338. The van der Waals surface area contributed by atoms with Crippen LogP contribution in [-0.4, -0.2) is 27.0 Å². The van der Waals surface area contributed by atoms with Gasteiger partial charge in [-0.1, -0.05) is 67.3 Å². The molecular formula is C24H24ClN3OS. The number of benzene rings is 1. The summed E-state index contributed by atoms with van der Waals surface area (Å²) in [6, 6.07) is 13.9. The van der Waals surface area contributed by atoms with Gasteiger partial charge in [0.1, 0.15) is 5.69 Å². The lowest BCUT2D eigenvalue weighted by Gasteiger charge is -2.30. The number of carbonyl (C=O) groups excluding carboxylic acids is 1. The van der Waals surface area contributed by atoms with E-state index in [1.54, 1.807) is 12.3 Å². The number of carbonyl (C=O) groups is 1. The third kappa shape index (κ3) is 4.85. The van der Waals surface area contributed by atoms with Crippen LogP contribution in [0.4, 0.5) is 5.69 Å². The summed E-state index contributed by atoms with van der Waals surface area (Å²) < 4.78 is 0. The van der Waals surface area contributed by atoms with Crippen LogP contribution in [0.1, 0.15) is 44.6 Å². The van der Waals surface area contributed by atoms with Gasteiger partial charge < -0.3 is 0 Å². The minimum Gasteiger partial charge on any atom is -0.283 e. The van der Waals surface area contributed by atoms with Crippen molar-refractivity contribution in [1.29, 1.82) is 0 Å². The molecular weight excluding hydrogens is 414 g/mol. The molecule has 1 aliphatic heterocycles. The lowest BCUT2D eigenvalue weighted by Crippen LogP contribution is -2.40. The molecule has 2 aliphatic rings. The molecule has 1 aliphatic carbocycles. The molecule has 2 aromatic rings. The van der Waals surface area contributed by atoms with Crippen LogP contribution in [0, 0.1) is 0 Å². The second-order valence-corrected chi connectivity index (χ2v) is 8.95. The van der Waals surface area contributed by atoms with Crippen molar-refractivity contribution >= 4 is 46.2 Å². The largest absolute Gasteiger partial charge is 0.283 e. The fraction of sp³-hybridized carbons (Fsp3) is 0.292. The Hall–Kier alpha value is -2.37. The minimum atomic E-state index is 0.0338. The van der Waals surface area contributed by atoms with E-state index in [1.165, 1.54) is 18.2 Å². The van der Waals surface area contributed by atoms with E-state index in [4.69, 9.17) is 16.6 Å². The molecule has 0 N–H and O–H groups in total. The molecule has 6 heteroatoms. The molecule has 0 bridgehead atoms. The number of hydrogen-bond acceptors (Lipinski definition) is 4. The SMILES string of the molecule is CC(/C=C1\SC(=Nc2cccnc2Cl)N(C2CCCCC2)C1=O)=C\c1ccccc1. The third-order valence-electron chi connectivity index (χ3n) is 5.28. The van der Waals surface area contributed by atoms with E-state index in [2.05, 4.69) is 23.2 Å². The zero-order valence-electron chi connectivity index (χ0n) is 16.9. The highest BCUT2D eigenvalue weighted by Crippen LogP contribution is 2.38. The van der Waals surface area contributed by atoms with Crippen molar-refractivity contribution in [2.75, 3.05) is 0 Å². The molecule has 1 amide bonds. The van der Waals surface area contributed by atoms with Gasteiger partial charge >= 0.3 is 0 Å². The fourth-order valence-corrected chi connectivity index (χ4v) is 5.11. The number of thioether (sulfide) groups is 1. The number of allylic oxidation sites excluding steroid dienone is 2. The molecule has 0 radical (unpaired) electrons. The number of aromatic nitrogens is 1. The lowest BCUT2D eigenvalue weighted by atomic mass is 9.94. The summed E-state index contributed by atoms with van der Waals surface area (Å²) in [7, 11) is 0. The van der Waals surface area contributed by atoms with E-state index in [0.29, 0.717) is 20.9 Å². The zero-order chi connectivity index (χ0) is 20.9. The van der Waals surface area contributed by atoms with Crippen molar-refractivity contribution in [2.24, 2.45) is 4.99 Å². The zero-order valence-corrected chi connectivity index (χ0v) is 18.5. The first-order chi connectivity index (χ1) is 14.6. The lowest BCUT2D eigenvalue weighted by molar-refractivity contribution is -0.124. The normalized spacial score (nSPS) is 21.1. The van der Waals surface area contributed by atoms with Crippen LogP contribution in [0.2, 0.25) is 5.15 Å². The van der Waals surface area contributed by atoms with E-state index in [0.717, 1.165) is 36.8 Å². The quantitative estimate of drug-likeness (QED) is 0.399. The van der Waals surface area contributed by atoms with Crippen molar-refractivity contribution in [2.45, 2.75) is 45.1 Å². The van der Waals surface area contributed by atoms with Crippen LogP contribution in [-0.2, 0) is 4.79 Å². The molecule has 4 nitrogen and oxygen atoms in total. The van der Waals surface area contributed by atoms with Gasteiger partial charge in [-0.05, 0) is 60.9 Å². The number of aliphatic imine (C=N–C) groups is 1. The molecule has 1 aromatic carbocycles. The molecule has 1 aromatic heterocycles. The number of rotatable bonds is 4. The predicted molar refractivity (Wildman–Crippen MR) is 126 cm³/mol. The van der Waals surface area contributed by atoms with E-state index in [1.807, 2.05) is 42.2 Å². The van der Waals surface area contributed by atoms with E-state index in [9.17, 15) is 4.79 Å². The number of amidine groups is 1. The average Bonchev–Trinajstić information content (AvgIpc) is 3.05. The van der Waals surface area contributed by atoms with E-state index < -0.39 is 0 Å². The molecule has 30 heavy (non-hydrogen) atoms. The summed E-state index contributed by atoms with van der Waals surface area (Å²) in [6.45, 7) is 2.02. The number of nitrogens with zero attached hydrogens (tertiary/aromatic N) is 3. The summed E-state index contributed by atoms with van der Waals surface area (Å²) >= 11 is 7.65. The monoisotopic (exact) mass is 437 g/mol. The highest BCUT2D eigenvalue weighted by molar-refractivity contribution is 8.18. The van der Waals surface area contributed by atoms with Gasteiger partial charge in [0.25, 0.3) is 5.91 Å². The fourth-order valence-electron chi connectivity index (χ4n) is 3.85. The summed E-state index contributed by atoms with van der Waals surface area (Å²) in [5.41, 5.74) is 2.73. The van der Waals surface area contributed by atoms with Crippen molar-refractivity contribution in [3.05, 3.63) is 75.9 Å². The Morgan fingerprint density at radius 3 is 2.67 bits per heavy atom. The molecule has 2 heterocycles. The molecule has 0 spiro atoms. The van der Waals surface area contributed by atoms with Gasteiger partial charge in [-0.15, -0.1) is 0 Å². The van der Waals surface area contributed by atoms with Gasteiger partial charge in [0.05, 0.1) is 4.91 Å². The molecule has 1 saturated carbocycles. The Morgan fingerprint density at radius 1 is 1.17 bits per heavy atom. The van der Waals surface area contributed by atoms with Gasteiger partial charge in [0.2, 0.25) is 0 Å². The first kappa shape index (κ1) is 20.9. The number of pyridine rings is 1. The van der Waals surface area contributed by atoms with Crippen LogP contribution in [0.5, 0.6) is 0 Å². The summed E-state index contributed by atoms with van der Waals surface area (Å²) in [6.07, 6.45) is 11.2. The highest BCUT2D eigenvalue weighted by atomic mass is 35.5. The van der Waals surface area contributed by atoms with Gasteiger partial charge in [-0.3, -0.25) is 9.69 Å². The second kappa shape index (κ2) is 9.63. The third-order valence-corrected chi connectivity index (χ3v) is 6.56. The predicted octanol–water partition coefficient (Wildman–Crippen LogP) is 6.62. The van der Waals surface area contributed by atoms with Crippen LogP contribution in [0.25, 0.3) is 6.08 Å². The Bertz CT molecular complexity index is 1010. The molecule has 0 atom stereocenters. The smallest absolute Gasteiger partial charge is 0.266 e. The molecule has 1 saturated heterocycles. The van der Waals surface area contributed by atoms with Gasteiger partial charge in [0, 0.05) is 12.2 Å². The molecule has 2 fully saturated rings. The number of halogens is 1. The molecule has 154 valence electrons. The van der Waals surface area contributed by atoms with Crippen LogP contribution in [0.15, 0.2) is 70.2 Å². The van der Waals surface area contributed by atoms with Crippen molar-refractivity contribution in [3.63, 3.8) is 0 Å². The summed E-state index contributed by atoms with van der Waals surface area (Å²) in [4.78, 5) is 24.8. The molecule has 0 unspecified atom stereocenters. The summed E-state index contributed by atoms with van der Waals surface area (Å²) in [5, 5.41) is 1.04. The van der Waals surface area contributed by atoms with Crippen LogP contribution in [0.3, 0.4) is 0 Å². The first-order valence-electron chi connectivity index (χ1n) is 10.3. The van der Waals surface area contributed by atoms with Crippen molar-refractivity contribution in [1.82, 2.24) is 9.88 Å². The summed E-state index contributed by atoms with van der Waals surface area (Å²) in [5.74, 6) is 0.0338. The van der Waals surface area contributed by atoms with E-state index in [-0.39, 0.29) is 11.9 Å². The highest BCUT2D eigenvalue weighted by Gasteiger charge is 2.38. The van der Waals surface area contributed by atoms with Crippen molar-refractivity contribution in [3.8, 4) is 0 Å². The second-order valence-electron chi connectivity index (χ2n) is 7.58. The van der Waals surface area contributed by atoms with Gasteiger partial charge in [-0.25, -0.2) is 9.98 Å². The Labute approximate surface area is 186 Å². The molecule has 4 rings (SSSR count). The van der Waals surface area contributed by atoms with Crippen molar-refractivity contribution < 1.29 is 4.79 Å². The topological polar surface area (TPSA) is 45.6 Å². The Balaban J connectivity index is 1.67. The standard InChI is InChI=1S/C24H24ClN3OS/c1-17(15-18-9-4-2-5-10-18)16-21-23(29)28(19-11-6-3-7-12-19)24(30-21)27-20-13-8-14-26-22(20)25/h2,4-5,8-10,13-16,19H,3,6-7,11-12H2,1H3/b17-15+,21-16-,27-24?. The number of hydrogen-bond donors (Lipinski definition) is 0. The maximum Gasteiger partial charge on any atom is 0.266 e. The Kier molecular flexibility index (Phi) is 6.70. The maximum atomic E-state index is 13.4.